The molecule has 4 rings (SSSR count). The molecular formula is C21H17ClN2O2S. The van der Waals surface area contributed by atoms with Gasteiger partial charge in [0, 0.05) is 27.7 Å². The lowest BCUT2D eigenvalue weighted by Gasteiger charge is -2.26. The van der Waals surface area contributed by atoms with E-state index in [2.05, 4.69) is 5.32 Å². The molecule has 1 aliphatic heterocycles. The summed E-state index contributed by atoms with van der Waals surface area (Å²) in [7, 11) is 0. The summed E-state index contributed by atoms with van der Waals surface area (Å²) in [6.45, 7) is 0.520. The molecule has 2 heterocycles. The van der Waals surface area contributed by atoms with Crippen LogP contribution in [-0.4, -0.2) is 16.7 Å². The molecule has 0 spiro atoms. The molecule has 6 heteroatoms. The average molecular weight is 397 g/mol. The van der Waals surface area contributed by atoms with Gasteiger partial charge < -0.3 is 10.2 Å². The Bertz CT molecular complexity index is 970. The normalized spacial score (nSPS) is 14.1. The Hall–Kier alpha value is -2.63. The van der Waals surface area contributed by atoms with Gasteiger partial charge in [0.25, 0.3) is 5.91 Å². The number of rotatable bonds is 5. The molecular weight excluding hydrogens is 380 g/mol. The van der Waals surface area contributed by atoms with Gasteiger partial charge in [-0.05, 0) is 47.3 Å². The molecule has 1 aliphatic rings. The van der Waals surface area contributed by atoms with E-state index in [1.807, 2.05) is 41.8 Å². The van der Waals surface area contributed by atoms with Crippen LogP contribution in [0.1, 0.15) is 33.3 Å². The first-order valence-electron chi connectivity index (χ1n) is 8.59. The van der Waals surface area contributed by atoms with E-state index < -0.39 is 0 Å². The second-order valence-corrected chi connectivity index (χ2v) is 7.80. The van der Waals surface area contributed by atoms with Crippen LogP contribution in [0.25, 0.3) is 0 Å². The zero-order valence-electron chi connectivity index (χ0n) is 14.4. The van der Waals surface area contributed by atoms with Crippen molar-refractivity contribution in [1.82, 2.24) is 4.90 Å². The van der Waals surface area contributed by atoms with Gasteiger partial charge in [-0.1, -0.05) is 35.9 Å². The number of carbonyl (C=O) groups is 2. The Kier molecular flexibility index (Phi) is 4.97. The number of thiophene rings is 1. The van der Waals surface area contributed by atoms with E-state index in [4.69, 9.17) is 11.6 Å². The van der Waals surface area contributed by atoms with Gasteiger partial charge in [-0.3, -0.25) is 9.59 Å². The summed E-state index contributed by atoms with van der Waals surface area (Å²) in [5, 5.41) is 5.47. The number of nitrogens with zero attached hydrogens (tertiary/aromatic N) is 1. The van der Waals surface area contributed by atoms with Gasteiger partial charge in [0.15, 0.2) is 0 Å². The molecule has 136 valence electrons. The molecule has 4 nitrogen and oxygen atoms in total. The van der Waals surface area contributed by atoms with Crippen LogP contribution < -0.4 is 5.32 Å². The minimum atomic E-state index is -0.294. The third kappa shape index (κ3) is 3.75. The van der Waals surface area contributed by atoms with Crippen molar-refractivity contribution in [2.24, 2.45) is 0 Å². The molecule has 2 aromatic carbocycles. The molecule has 0 unspecified atom stereocenters. The molecule has 0 fully saturated rings. The number of carbonyl (C=O) groups excluding carboxylic acids is 2. The molecule has 0 saturated heterocycles. The van der Waals surface area contributed by atoms with Gasteiger partial charge in [0.2, 0.25) is 5.91 Å². The molecule has 0 aliphatic carbocycles. The summed E-state index contributed by atoms with van der Waals surface area (Å²) in [5.74, 6) is -0.164. The zero-order chi connectivity index (χ0) is 18.8. The van der Waals surface area contributed by atoms with Crippen molar-refractivity contribution in [3.05, 3.63) is 87.1 Å². The monoisotopic (exact) mass is 396 g/mol. The predicted octanol–water partition coefficient (Wildman–Crippen LogP) is 5.13. The first kappa shape index (κ1) is 17.8. The van der Waals surface area contributed by atoms with E-state index in [0.29, 0.717) is 17.3 Å². The molecule has 0 bridgehead atoms. The second kappa shape index (κ2) is 7.55. The molecule has 27 heavy (non-hydrogen) atoms. The Morgan fingerprint density at radius 3 is 2.59 bits per heavy atom. The third-order valence-electron chi connectivity index (χ3n) is 4.60. The second-order valence-electron chi connectivity index (χ2n) is 6.38. The van der Waals surface area contributed by atoms with Crippen LogP contribution in [-0.2, 0) is 11.3 Å². The quantitative estimate of drug-likeness (QED) is 0.650. The fourth-order valence-corrected chi connectivity index (χ4v) is 4.26. The average Bonchev–Trinajstić information content (AvgIpc) is 3.31. The highest BCUT2D eigenvalue weighted by Crippen LogP contribution is 2.35. The SMILES string of the molecule is O=C(C[C@H](c1cccs1)N1Cc2ccccc2C1=O)Nc1ccc(Cl)cc1. The lowest BCUT2D eigenvalue weighted by molar-refractivity contribution is -0.117. The number of hydrogen-bond acceptors (Lipinski definition) is 3. The van der Waals surface area contributed by atoms with Crippen molar-refractivity contribution >= 4 is 40.4 Å². The van der Waals surface area contributed by atoms with Crippen molar-refractivity contribution in [2.75, 3.05) is 5.32 Å². The van der Waals surface area contributed by atoms with Gasteiger partial charge in [-0.25, -0.2) is 0 Å². The van der Waals surface area contributed by atoms with E-state index in [0.717, 1.165) is 16.0 Å². The number of nitrogens with one attached hydrogen (secondary N) is 1. The van der Waals surface area contributed by atoms with E-state index in [1.165, 1.54) is 0 Å². The largest absolute Gasteiger partial charge is 0.326 e. The third-order valence-corrected chi connectivity index (χ3v) is 5.83. The number of amides is 2. The maximum atomic E-state index is 12.9. The van der Waals surface area contributed by atoms with Crippen molar-refractivity contribution < 1.29 is 9.59 Å². The molecule has 3 aromatic rings. The Labute approximate surface area is 166 Å². The fourth-order valence-electron chi connectivity index (χ4n) is 3.29. The highest BCUT2D eigenvalue weighted by molar-refractivity contribution is 7.10. The fraction of sp³-hybridized carbons (Fsp3) is 0.143. The molecule has 0 radical (unpaired) electrons. The van der Waals surface area contributed by atoms with E-state index in [9.17, 15) is 9.59 Å². The van der Waals surface area contributed by atoms with Crippen LogP contribution in [0.3, 0.4) is 0 Å². The summed E-state index contributed by atoms with van der Waals surface area (Å²) in [4.78, 5) is 28.3. The van der Waals surface area contributed by atoms with Crippen LogP contribution in [0, 0.1) is 0 Å². The van der Waals surface area contributed by atoms with Crippen LogP contribution in [0.4, 0.5) is 5.69 Å². The van der Waals surface area contributed by atoms with Crippen LogP contribution in [0.15, 0.2) is 66.0 Å². The summed E-state index contributed by atoms with van der Waals surface area (Å²) >= 11 is 7.45. The molecule has 2 amide bonds. The van der Waals surface area contributed by atoms with E-state index in [1.54, 1.807) is 40.5 Å². The van der Waals surface area contributed by atoms with Crippen LogP contribution >= 0.6 is 22.9 Å². The van der Waals surface area contributed by atoms with E-state index in [-0.39, 0.29) is 24.3 Å². The number of halogens is 1. The molecule has 0 saturated carbocycles. The van der Waals surface area contributed by atoms with Crippen molar-refractivity contribution in [1.29, 1.82) is 0 Å². The summed E-state index contributed by atoms with van der Waals surface area (Å²) < 4.78 is 0. The van der Waals surface area contributed by atoms with Crippen molar-refractivity contribution in [2.45, 2.75) is 19.0 Å². The van der Waals surface area contributed by atoms with Crippen molar-refractivity contribution in [3.63, 3.8) is 0 Å². The van der Waals surface area contributed by atoms with Crippen LogP contribution in [0.2, 0.25) is 5.02 Å². The lowest BCUT2D eigenvalue weighted by atomic mass is 10.1. The molecule has 1 atom stereocenters. The lowest BCUT2D eigenvalue weighted by Crippen LogP contribution is -2.31. The summed E-state index contributed by atoms with van der Waals surface area (Å²) in [6, 6.07) is 18.2. The maximum Gasteiger partial charge on any atom is 0.255 e. The van der Waals surface area contributed by atoms with Crippen LogP contribution in [0.5, 0.6) is 0 Å². The van der Waals surface area contributed by atoms with Gasteiger partial charge >= 0.3 is 0 Å². The number of hydrogen-bond donors (Lipinski definition) is 1. The Morgan fingerprint density at radius 1 is 1.11 bits per heavy atom. The smallest absolute Gasteiger partial charge is 0.255 e. The predicted molar refractivity (Wildman–Crippen MR) is 108 cm³/mol. The van der Waals surface area contributed by atoms with Crippen molar-refractivity contribution in [3.8, 4) is 0 Å². The minimum Gasteiger partial charge on any atom is -0.326 e. The Morgan fingerprint density at radius 2 is 1.89 bits per heavy atom. The number of benzene rings is 2. The zero-order valence-corrected chi connectivity index (χ0v) is 16.0. The van der Waals surface area contributed by atoms with Gasteiger partial charge in [-0.2, -0.15) is 0 Å². The van der Waals surface area contributed by atoms with Gasteiger partial charge in [-0.15, -0.1) is 11.3 Å². The standard InChI is InChI=1S/C21H17ClN2O2S/c22-15-7-9-16(10-8-15)23-20(25)12-18(19-6-3-11-27-19)24-13-14-4-1-2-5-17(14)21(24)26/h1-11,18H,12-13H2,(H,23,25)/t18-/m1/s1. The molecule has 1 aromatic heterocycles. The minimum absolute atomic E-state index is 0.0247. The Balaban J connectivity index is 1.55. The first-order valence-corrected chi connectivity index (χ1v) is 9.85. The van der Waals surface area contributed by atoms with E-state index >= 15 is 0 Å². The number of fused-ring (bicyclic) bond motifs is 1. The number of anilines is 1. The van der Waals surface area contributed by atoms with Gasteiger partial charge in [0.1, 0.15) is 0 Å². The summed E-state index contributed by atoms with van der Waals surface area (Å²) in [5.41, 5.74) is 2.41. The first-order chi connectivity index (χ1) is 13.1. The topological polar surface area (TPSA) is 49.4 Å². The highest BCUT2D eigenvalue weighted by atomic mass is 35.5. The summed E-state index contributed by atoms with van der Waals surface area (Å²) in [6.07, 6.45) is 0.197. The van der Waals surface area contributed by atoms with Gasteiger partial charge in [0.05, 0.1) is 12.5 Å². The highest BCUT2D eigenvalue weighted by Gasteiger charge is 2.34. The molecule has 1 N–H and O–H groups in total. The maximum absolute atomic E-state index is 12.9.